The molecular formula is C23H28. The Morgan fingerprint density at radius 3 is 2.17 bits per heavy atom. The molecule has 1 aliphatic rings. The average molecular weight is 304 g/mol. The smallest absolute Gasteiger partial charge is 0.0215 e. The van der Waals surface area contributed by atoms with E-state index in [1.54, 1.807) is 5.56 Å². The number of benzene rings is 2. The SMILES string of the molecule is C=Cc1ccc2c(c1)C(CCCC)(CCCC)c1ccccc1-2. The van der Waals surface area contributed by atoms with E-state index >= 15 is 0 Å². The first-order chi connectivity index (χ1) is 11.3. The molecule has 23 heavy (non-hydrogen) atoms. The third kappa shape index (κ3) is 2.65. The first-order valence-corrected chi connectivity index (χ1v) is 9.13. The van der Waals surface area contributed by atoms with Crippen LogP contribution in [-0.2, 0) is 5.41 Å². The molecule has 0 N–H and O–H groups in total. The molecule has 0 heterocycles. The van der Waals surface area contributed by atoms with E-state index < -0.39 is 0 Å². The third-order valence-corrected chi connectivity index (χ3v) is 5.44. The second-order valence-corrected chi connectivity index (χ2v) is 6.84. The number of unbranched alkanes of at least 4 members (excludes halogenated alkanes) is 2. The van der Waals surface area contributed by atoms with E-state index in [4.69, 9.17) is 0 Å². The van der Waals surface area contributed by atoms with E-state index in [0.717, 1.165) is 0 Å². The van der Waals surface area contributed by atoms with Gasteiger partial charge in [-0.3, -0.25) is 0 Å². The maximum atomic E-state index is 3.98. The van der Waals surface area contributed by atoms with Crippen LogP contribution >= 0.6 is 0 Å². The van der Waals surface area contributed by atoms with Gasteiger partial charge in [0.05, 0.1) is 0 Å². The van der Waals surface area contributed by atoms with Crippen LogP contribution in [0.2, 0.25) is 0 Å². The maximum absolute atomic E-state index is 3.98. The van der Waals surface area contributed by atoms with Gasteiger partial charge in [0.15, 0.2) is 0 Å². The fourth-order valence-corrected chi connectivity index (χ4v) is 4.22. The average Bonchev–Trinajstić information content (AvgIpc) is 2.88. The molecule has 0 radical (unpaired) electrons. The summed E-state index contributed by atoms with van der Waals surface area (Å²) < 4.78 is 0. The van der Waals surface area contributed by atoms with Crippen LogP contribution < -0.4 is 0 Å². The Kier molecular flexibility index (Phi) is 4.71. The van der Waals surface area contributed by atoms with Crippen molar-refractivity contribution in [2.45, 2.75) is 57.8 Å². The number of hydrogen-bond donors (Lipinski definition) is 0. The Morgan fingerprint density at radius 2 is 1.52 bits per heavy atom. The van der Waals surface area contributed by atoms with Crippen molar-refractivity contribution in [3.8, 4) is 11.1 Å². The molecular weight excluding hydrogens is 276 g/mol. The number of rotatable bonds is 7. The monoisotopic (exact) mass is 304 g/mol. The lowest BCUT2D eigenvalue weighted by molar-refractivity contribution is 0.414. The highest BCUT2D eigenvalue weighted by molar-refractivity contribution is 5.82. The van der Waals surface area contributed by atoms with Crippen LogP contribution in [0.5, 0.6) is 0 Å². The Bertz CT molecular complexity index is 685. The van der Waals surface area contributed by atoms with E-state index in [0.29, 0.717) is 0 Å². The van der Waals surface area contributed by atoms with Crippen molar-refractivity contribution in [1.29, 1.82) is 0 Å². The molecule has 0 aliphatic heterocycles. The molecule has 0 atom stereocenters. The fraction of sp³-hybridized carbons (Fsp3) is 0.391. The van der Waals surface area contributed by atoms with Crippen LogP contribution in [0.25, 0.3) is 17.2 Å². The zero-order valence-electron chi connectivity index (χ0n) is 14.6. The van der Waals surface area contributed by atoms with Gasteiger partial charge < -0.3 is 0 Å². The summed E-state index contributed by atoms with van der Waals surface area (Å²) in [5.41, 5.74) is 7.44. The van der Waals surface area contributed by atoms with Crippen molar-refractivity contribution in [1.82, 2.24) is 0 Å². The van der Waals surface area contributed by atoms with Gasteiger partial charge in [0.25, 0.3) is 0 Å². The summed E-state index contributed by atoms with van der Waals surface area (Å²) >= 11 is 0. The zero-order valence-corrected chi connectivity index (χ0v) is 14.6. The Labute approximate surface area is 141 Å². The molecule has 1 aliphatic carbocycles. The number of fused-ring (bicyclic) bond motifs is 3. The van der Waals surface area contributed by atoms with Crippen molar-refractivity contribution in [3.63, 3.8) is 0 Å². The Morgan fingerprint density at radius 1 is 0.870 bits per heavy atom. The molecule has 120 valence electrons. The van der Waals surface area contributed by atoms with Crippen molar-refractivity contribution in [2.24, 2.45) is 0 Å². The molecule has 0 amide bonds. The lowest BCUT2D eigenvalue weighted by Crippen LogP contribution is -2.25. The van der Waals surface area contributed by atoms with Gasteiger partial charge in [-0.1, -0.05) is 94.7 Å². The standard InChI is InChI=1S/C23H28/c1-4-7-15-23(16-8-5-2)21-12-10-9-11-19(21)20-14-13-18(6-3)17-22(20)23/h6,9-14,17H,3-5,7-8,15-16H2,1-2H3. The first-order valence-electron chi connectivity index (χ1n) is 9.13. The van der Waals surface area contributed by atoms with Crippen LogP contribution in [0.4, 0.5) is 0 Å². The number of hydrogen-bond acceptors (Lipinski definition) is 0. The molecule has 0 aromatic heterocycles. The van der Waals surface area contributed by atoms with Gasteiger partial charge in [0, 0.05) is 5.41 Å². The van der Waals surface area contributed by atoms with Crippen LogP contribution in [0.1, 0.15) is 69.1 Å². The van der Waals surface area contributed by atoms with E-state index in [2.05, 4.69) is 62.9 Å². The molecule has 3 rings (SSSR count). The molecule has 0 unspecified atom stereocenters. The lowest BCUT2D eigenvalue weighted by Gasteiger charge is -2.32. The fourth-order valence-electron chi connectivity index (χ4n) is 4.22. The minimum Gasteiger partial charge on any atom is -0.0985 e. The first kappa shape index (κ1) is 16.1. The van der Waals surface area contributed by atoms with E-state index in [-0.39, 0.29) is 5.41 Å². The van der Waals surface area contributed by atoms with Crippen molar-refractivity contribution < 1.29 is 0 Å². The van der Waals surface area contributed by atoms with Gasteiger partial charge in [-0.15, -0.1) is 0 Å². The maximum Gasteiger partial charge on any atom is 0.0215 e. The molecule has 0 bridgehead atoms. The minimum absolute atomic E-state index is 0.205. The largest absolute Gasteiger partial charge is 0.0985 e. The predicted molar refractivity (Wildman–Crippen MR) is 102 cm³/mol. The predicted octanol–water partition coefficient (Wildman–Crippen LogP) is 6.98. The summed E-state index contributed by atoms with van der Waals surface area (Å²) in [7, 11) is 0. The second-order valence-electron chi connectivity index (χ2n) is 6.84. The summed E-state index contributed by atoms with van der Waals surface area (Å²) in [6, 6.07) is 16.0. The summed E-state index contributed by atoms with van der Waals surface area (Å²) in [5, 5.41) is 0. The Balaban J connectivity index is 2.21. The lowest BCUT2D eigenvalue weighted by atomic mass is 9.70. The van der Waals surface area contributed by atoms with Crippen molar-refractivity contribution in [3.05, 3.63) is 65.7 Å². The third-order valence-electron chi connectivity index (χ3n) is 5.44. The highest BCUT2D eigenvalue weighted by atomic mass is 14.4. The zero-order chi connectivity index (χ0) is 16.3. The summed E-state index contributed by atoms with van der Waals surface area (Å²) in [4.78, 5) is 0. The van der Waals surface area contributed by atoms with Gasteiger partial charge in [0.2, 0.25) is 0 Å². The molecule has 0 spiro atoms. The van der Waals surface area contributed by atoms with Gasteiger partial charge in [-0.05, 0) is 40.7 Å². The second kappa shape index (κ2) is 6.74. The van der Waals surface area contributed by atoms with Crippen molar-refractivity contribution >= 4 is 6.08 Å². The van der Waals surface area contributed by atoms with Gasteiger partial charge in [-0.2, -0.15) is 0 Å². The highest BCUT2D eigenvalue weighted by Crippen LogP contribution is 2.54. The van der Waals surface area contributed by atoms with E-state index in [1.807, 2.05) is 6.08 Å². The molecule has 0 nitrogen and oxygen atoms in total. The highest BCUT2D eigenvalue weighted by Gasteiger charge is 2.41. The summed E-state index contributed by atoms with van der Waals surface area (Å²) in [6.07, 6.45) is 9.58. The van der Waals surface area contributed by atoms with Crippen LogP contribution in [0.15, 0.2) is 49.0 Å². The Hall–Kier alpha value is -1.82. The molecule has 2 aromatic carbocycles. The molecule has 0 saturated carbocycles. The molecule has 0 saturated heterocycles. The van der Waals surface area contributed by atoms with Crippen molar-refractivity contribution in [2.75, 3.05) is 0 Å². The van der Waals surface area contributed by atoms with Crippen LogP contribution in [0, 0.1) is 0 Å². The van der Waals surface area contributed by atoms with Crippen LogP contribution in [0.3, 0.4) is 0 Å². The molecule has 2 aromatic rings. The molecule has 0 heteroatoms. The van der Waals surface area contributed by atoms with Gasteiger partial charge >= 0.3 is 0 Å². The normalized spacial score (nSPS) is 14.3. The van der Waals surface area contributed by atoms with Crippen LogP contribution in [-0.4, -0.2) is 0 Å². The topological polar surface area (TPSA) is 0 Å². The minimum atomic E-state index is 0.205. The summed E-state index contributed by atoms with van der Waals surface area (Å²) in [5.74, 6) is 0. The van der Waals surface area contributed by atoms with Gasteiger partial charge in [-0.25, -0.2) is 0 Å². The van der Waals surface area contributed by atoms with Gasteiger partial charge in [0.1, 0.15) is 0 Å². The quantitative estimate of drug-likeness (QED) is 0.517. The van der Waals surface area contributed by atoms with E-state index in [9.17, 15) is 0 Å². The molecule has 0 fully saturated rings. The summed E-state index contributed by atoms with van der Waals surface area (Å²) in [6.45, 7) is 8.58. The van der Waals surface area contributed by atoms with E-state index in [1.165, 1.54) is 60.8 Å².